The summed E-state index contributed by atoms with van der Waals surface area (Å²) >= 11 is 0. The van der Waals surface area contributed by atoms with Gasteiger partial charge in [-0.25, -0.2) is 8.42 Å². The van der Waals surface area contributed by atoms with E-state index in [-0.39, 0.29) is 23.8 Å². The molecule has 0 fully saturated rings. The van der Waals surface area contributed by atoms with Crippen molar-refractivity contribution in [2.45, 2.75) is 12.8 Å². The summed E-state index contributed by atoms with van der Waals surface area (Å²) in [7, 11) is -3.42. The summed E-state index contributed by atoms with van der Waals surface area (Å²) in [5.41, 5.74) is 1.17. The third-order valence-electron chi connectivity index (χ3n) is 2.45. The van der Waals surface area contributed by atoms with Crippen molar-refractivity contribution in [2.75, 3.05) is 16.3 Å². The van der Waals surface area contributed by atoms with Crippen LogP contribution in [0.15, 0.2) is 12.1 Å². The van der Waals surface area contributed by atoms with Gasteiger partial charge >= 0.3 is 0 Å². The lowest BCUT2D eigenvalue weighted by atomic mass is 10.0. The number of phenols is 1. The summed E-state index contributed by atoms with van der Waals surface area (Å²) < 4.78 is 24.6. The zero-order valence-electron chi connectivity index (χ0n) is 9.15. The Morgan fingerprint density at radius 3 is 2.71 bits per heavy atom. The van der Waals surface area contributed by atoms with Crippen LogP contribution in [0.4, 0.5) is 11.4 Å². The maximum Gasteiger partial charge on any atom is 0.229 e. The van der Waals surface area contributed by atoms with Gasteiger partial charge in [-0.3, -0.25) is 9.52 Å². The van der Waals surface area contributed by atoms with Crippen LogP contribution in [0.5, 0.6) is 5.75 Å². The molecule has 1 heterocycles. The molecule has 0 aliphatic carbocycles. The van der Waals surface area contributed by atoms with Crippen LogP contribution in [-0.2, 0) is 21.2 Å². The van der Waals surface area contributed by atoms with Crippen LogP contribution in [0.25, 0.3) is 0 Å². The highest BCUT2D eigenvalue weighted by molar-refractivity contribution is 7.92. The molecule has 1 aromatic rings. The number of amides is 1. The highest BCUT2D eigenvalue weighted by atomic mass is 32.2. The second-order valence-corrected chi connectivity index (χ2v) is 5.66. The van der Waals surface area contributed by atoms with E-state index in [1.807, 2.05) is 0 Å². The van der Waals surface area contributed by atoms with E-state index < -0.39 is 10.0 Å². The molecule has 0 aromatic heterocycles. The summed E-state index contributed by atoms with van der Waals surface area (Å²) in [6.45, 7) is 0. The van der Waals surface area contributed by atoms with Crippen molar-refractivity contribution in [1.29, 1.82) is 0 Å². The van der Waals surface area contributed by atoms with Crippen LogP contribution in [0.1, 0.15) is 12.0 Å². The van der Waals surface area contributed by atoms with Crippen LogP contribution in [-0.4, -0.2) is 25.7 Å². The van der Waals surface area contributed by atoms with Gasteiger partial charge in [-0.15, -0.1) is 0 Å². The maximum absolute atomic E-state index is 11.3. The molecule has 1 aromatic carbocycles. The normalized spacial score (nSPS) is 15.0. The number of fused-ring (bicyclic) bond motifs is 1. The van der Waals surface area contributed by atoms with Crippen LogP contribution >= 0.6 is 0 Å². The fraction of sp³-hybridized carbons (Fsp3) is 0.300. The Kier molecular flexibility index (Phi) is 2.70. The van der Waals surface area contributed by atoms with E-state index in [1.54, 1.807) is 0 Å². The smallest absolute Gasteiger partial charge is 0.229 e. The number of benzene rings is 1. The van der Waals surface area contributed by atoms with Crippen molar-refractivity contribution in [2.24, 2.45) is 0 Å². The maximum atomic E-state index is 11.3. The number of sulfonamides is 1. The SMILES string of the molecule is CS(=O)(=O)Nc1ccc(O)c2c1NC(=O)CC2. The largest absolute Gasteiger partial charge is 0.508 e. The van der Waals surface area contributed by atoms with Crippen LogP contribution in [0, 0.1) is 0 Å². The van der Waals surface area contributed by atoms with E-state index in [2.05, 4.69) is 10.0 Å². The minimum absolute atomic E-state index is 0.0547. The first kappa shape index (κ1) is 11.7. The Hall–Kier alpha value is -1.76. The first-order valence-corrected chi connectivity index (χ1v) is 6.88. The molecule has 0 saturated carbocycles. The van der Waals surface area contributed by atoms with Gasteiger partial charge in [0.1, 0.15) is 5.75 Å². The van der Waals surface area contributed by atoms with Crippen LogP contribution in [0.2, 0.25) is 0 Å². The van der Waals surface area contributed by atoms with Gasteiger partial charge in [0.25, 0.3) is 0 Å². The van der Waals surface area contributed by atoms with Crippen LogP contribution in [0.3, 0.4) is 0 Å². The molecule has 0 saturated heterocycles. The van der Waals surface area contributed by atoms with Crippen molar-refractivity contribution in [3.05, 3.63) is 17.7 Å². The number of carbonyl (C=O) groups is 1. The Morgan fingerprint density at radius 2 is 2.06 bits per heavy atom. The third kappa shape index (κ3) is 2.50. The Morgan fingerprint density at radius 1 is 1.35 bits per heavy atom. The molecule has 92 valence electrons. The molecule has 0 unspecified atom stereocenters. The number of rotatable bonds is 2. The Labute approximate surface area is 98.7 Å². The Balaban J connectivity index is 2.51. The fourth-order valence-electron chi connectivity index (χ4n) is 1.76. The molecule has 1 amide bonds. The number of carbonyl (C=O) groups excluding carboxylic acids is 1. The molecule has 17 heavy (non-hydrogen) atoms. The number of hydrogen-bond donors (Lipinski definition) is 3. The summed E-state index contributed by atoms with van der Waals surface area (Å²) in [5, 5.41) is 12.2. The average molecular weight is 256 g/mol. The second kappa shape index (κ2) is 3.92. The Bertz CT molecular complexity index is 580. The predicted octanol–water partition coefficient (Wildman–Crippen LogP) is 0.648. The molecule has 0 spiro atoms. The van der Waals surface area contributed by atoms with Gasteiger partial charge in [-0.1, -0.05) is 0 Å². The number of phenolic OH excluding ortho intramolecular Hbond substituents is 1. The molecule has 0 radical (unpaired) electrons. The average Bonchev–Trinajstić information content (AvgIpc) is 2.20. The first-order valence-electron chi connectivity index (χ1n) is 4.99. The lowest BCUT2D eigenvalue weighted by Crippen LogP contribution is -2.21. The molecule has 7 heteroatoms. The molecule has 3 N–H and O–H groups in total. The summed E-state index contributed by atoms with van der Waals surface area (Å²) in [4.78, 5) is 11.3. The number of aromatic hydroxyl groups is 1. The predicted molar refractivity (Wildman–Crippen MR) is 63.5 cm³/mol. The first-order chi connectivity index (χ1) is 7.87. The zero-order chi connectivity index (χ0) is 12.6. The molecular weight excluding hydrogens is 244 g/mol. The number of hydrogen-bond acceptors (Lipinski definition) is 4. The lowest BCUT2D eigenvalue weighted by molar-refractivity contribution is -0.116. The fourth-order valence-corrected chi connectivity index (χ4v) is 2.33. The molecule has 0 bridgehead atoms. The standard InChI is InChI=1S/C10H12N2O4S/c1-17(15,16)12-7-3-4-8(13)6-2-5-9(14)11-10(6)7/h3-4,12-13H,2,5H2,1H3,(H,11,14). The lowest BCUT2D eigenvalue weighted by Gasteiger charge is -2.21. The van der Waals surface area contributed by atoms with Gasteiger partial charge < -0.3 is 10.4 Å². The molecular formula is C10H12N2O4S. The van der Waals surface area contributed by atoms with E-state index >= 15 is 0 Å². The highest BCUT2D eigenvalue weighted by Gasteiger charge is 2.22. The third-order valence-corrected chi connectivity index (χ3v) is 3.04. The van der Waals surface area contributed by atoms with Crippen LogP contribution < -0.4 is 10.0 Å². The van der Waals surface area contributed by atoms with Gasteiger partial charge in [0.15, 0.2) is 0 Å². The van der Waals surface area contributed by atoms with E-state index in [0.29, 0.717) is 17.7 Å². The highest BCUT2D eigenvalue weighted by Crippen LogP contribution is 2.36. The van der Waals surface area contributed by atoms with Gasteiger partial charge in [-0.2, -0.15) is 0 Å². The minimum atomic E-state index is -3.42. The van der Waals surface area contributed by atoms with E-state index in [1.165, 1.54) is 12.1 Å². The van der Waals surface area contributed by atoms with E-state index in [9.17, 15) is 18.3 Å². The molecule has 1 aliphatic heterocycles. The number of anilines is 2. The quantitative estimate of drug-likeness (QED) is 0.677. The summed E-state index contributed by atoms with van der Waals surface area (Å²) in [5.74, 6) is -0.140. The van der Waals surface area contributed by atoms with Crippen molar-refractivity contribution >= 4 is 27.3 Å². The van der Waals surface area contributed by atoms with E-state index in [4.69, 9.17) is 0 Å². The van der Waals surface area contributed by atoms with Gasteiger partial charge in [0, 0.05) is 12.0 Å². The number of nitrogens with one attached hydrogen (secondary N) is 2. The summed E-state index contributed by atoms with van der Waals surface area (Å²) in [6.07, 6.45) is 1.70. The molecule has 2 rings (SSSR count). The topological polar surface area (TPSA) is 95.5 Å². The monoisotopic (exact) mass is 256 g/mol. The van der Waals surface area contributed by atoms with Crippen molar-refractivity contribution in [3.8, 4) is 5.75 Å². The van der Waals surface area contributed by atoms with Crippen molar-refractivity contribution in [3.63, 3.8) is 0 Å². The van der Waals surface area contributed by atoms with Gasteiger partial charge in [0.05, 0.1) is 17.6 Å². The van der Waals surface area contributed by atoms with E-state index in [0.717, 1.165) is 6.26 Å². The van der Waals surface area contributed by atoms with Crippen molar-refractivity contribution in [1.82, 2.24) is 0 Å². The van der Waals surface area contributed by atoms with Crippen molar-refractivity contribution < 1.29 is 18.3 Å². The molecule has 0 atom stereocenters. The zero-order valence-corrected chi connectivity index (χ0v) is 9.97. The second-order valence-electron chi connectivity index (χ2n) is 3.91. The van der Waals surface area contributed by atoms with Gasteiger partial charge in [0.2, 0.25) is 15.9 Å². The molecule has 6 nitrogen and oxygen atoms in total. The molecule has 1 aliphatic rings. The summed E-state index contributed by atoms with van der Waals surface area (Å²) in [6, 6.07) is 2.82. The van der Waals surface area contributed by atoms with Gasteiger partial charge in [-0.05, 0) is 18.6 Å². The minimum Gasteiger partial charge on any atom is -0.508 e.